The normalized spacial score (nSPS) is 15.1. The highest BCUT2D eigenvalue weighted by Crippen LogP contribution is 2.35. The number of aryl methyl sites for hydroxylation is 2. The van der Waals surface area contributed by atoms with Gasteiger partial charge in [-0.3, -0.25) is 9.97 Å². The molecule has 5 heterocycles. The van der Waals surface area contributed by atoms with Gasteiger partial charge in [-0.05, 0) is 131 Å². The minimum Gasteiger partial charge on any atom is -0.393 e. The number of piperidine rings is 1. The van der Waals surface area contributed by atoms with Gasteiger partial charge in [0.1, 0.15) is 12.7 Å². The standard InChI is InChI=1S/C24H24N4.C22H20N4.C8H15N.C2H6.H2/c1-4-6-18(14-25-3)22-12-10-20-19(7-5-8-24(20)28-22)17-9-11-23-21(13-17)16(2)26-15-27-23;1-3-4-16(12-23-2)21-9-7-19-18(6-10-22(19)26-21)15-5-8-20-17(11-15)13-24-14-25-20;1-3-8-4-6-9(2)7-5-8;1-2;/h4,6-7,9-15,25H,5,8H2,1-3H3;3-9,11-14,23H,10H2,1-2H3;3,8H,1,4-7H2,2H3;1-2H3;1H/b6-4?,18-14+;4-3?,16-12+;;;. The molecule has 336 valence electrons. The summed E-state index contributed by atoms with van der Waals surface area (Å²) in [6, 6.07) is 21.3. The maximum atomic E-state index is 4.98. The maximum Gasteiger partial charge on any atom is 0.116 e. The Kier molecular flexibility index (Phi) is 17.4. The first-order valence-corrected chi connectivity index (χ1v) is 23.0. The predicted molar refractivity (Wildman–Crippen MR) is 276 cm³/mol. The molecule has 2 aliphatic carbocycles. The molecular formula is C56H67N9. The molecule has 0 radical (unpaired) electrons. The summed E-state index contributed by atoms with van der Waals surface area (Å²) in [5.41, 5.74) is 16.6. The maximum absolute atomic E-state index is 4.98. The highest BCUT2D eigenvalue weighted by Gasteiger charge is 2.20. The molecule has 2 N–H and O–H groups in total. The van der Waals surface area contributed by atoms with Crippen molar-refractivity contribution in [1.29, 1.82) is 0 Å². The Bertz CT molecular complexity index is 2770. The third kappa shape index (κ3) is 11.8. The average molecular weight is 866 g/mol. The third-order valence-corrected chi connectivity index (χ3v) is 11.7. The molecule has 0 atom stereocenters. The number of aromatic nitrogens is 6. The molecule has 2 aromatic carbocycles. The highest BCUT2D eigenvalue weighted by molar-refractivity contribution is 5.91. The van der Waals surface area contributed by atoms with E-state index >= 15 is 0 Å². The molecule has 4 aromatic heterocycles. The number of hydrogen-bond acceptors (Lipinski definition) is 9. The third-order valence-electron chi connectivity index (χ3n) is 11.7. The number of nitrogens with one attached hydrogen (secondary N) is 2. The fourth-order valence-corrected chi connectivity index (χ4v) is 8.33. The lowest BCUT2D eigenvalue weighted by Crippen LogP contribution is -2.29. The number of likely N-dealkylation sites (tertiary alicyclic amines) is 1. The van der Waals surface area contributed by atoms with E-state index in [4.69, 9.17) is 9.97 Å². The summed E-state index contributed by atoms with van der Waals surface area (Å²) >= 11 is 0. The fourth-order valence-electron chi connectivity index (χ4n) is 8.33. The molecular weight excluding hydrogens is 799 g/mol. The van der Waals surface area contributed by atoms with Crippen molar-refractivity contribution >= 4 is 44.1 Å². The van der Waals surface area contributed by atoms with Crippen molar-refractivity contribution in [2.45, 2.75) is 66.7 Å². The van der Waals surface area contributed by atoms with E-state index in [0.717, 1.165) is 86.6 Å². The van der Waals surface area contributed by atoms with Crippen LogP contribution >= 0.6 is 0 Å². The number of benzene rings is 2. The number of nitrogens with zero attached hydrogens (tertiary/aromatic N) is 7. The zero-order chi connectivity index (χ0) is 46.1. The zero-order valence-corrected chi connectivity index (χ0v) is 39.6. The van der Waals surface area contributed by atoms with Gasteiger partial charge >= 0.3 is 0 Å². The minimum absolute atomic E-state index is 0. The van der Waals surface area contributed by atoms with Gasteiger partial charge < -0.3 is 15.5 Å². The van der Waals surface area contributed by atoms with E-state index < -0.39 is 0 Å². The minimum atomic E-state index is 0. The zero-order valence-electron chi connectivity index (χ0n) is 39.6. The Morgan fingerprint density at radius 3 is 1.98 bits per heavy atom. The van der Waals surface area contributed by atoms with Crippen LogP contribution in [-0.2, 0) is 12.8 Å². The summed E-state index contributed by atoms with van der Waals surface area (Å²) < 4.78 is 0. The predicted octanol–water partition coefficient (Wildman–Crippen LogP) is 11.8. The largest absolute Gasteiger partial charge is 0.393 e. The average Bonchev–Trinajstić information content (AvgIpc) is 3.78. The van der Waals surface area contributed by atoms with Gasteiger partial charge in [-0.25, -0.2) is 19.9 Å². The van der Waals surface area contributed by atoms with Crippen molar-refractivity contribution in [3.63, 3.8) is 0 Å². The number of rotatable bonds is 9. The van der Waals surface area contributed by atoms with Gasteiger partial charge in [0.2, 0.25) is 0 Å². The monoisotopic (exact) mass is 866 g/mol. The lowest BCUT2D eigenvalue weighted by molar-refractivity contribution is 0.244. The molecule has 0 saturated carbocycles. The van der Waals surface area contributed by atoms with E-state index in [1.54, 1.807) is 12.7 Å². The van der Waals surface area contributed by atoms with Crippen LogP contribution in [0.25, 0.3) is 44.1 Å². The molecule has 1 saturated heterocycles. The van der Waals surface area contributed by atoms with Crippen molar-refractivity contribution in [3.05, 3.63) is 192 Å². The molecule has 1 aliphatic heterocycles. The van der Waals surface area contributed by atoms with Crippen LogP contribution in [0.3, 0.4) is 0 Å². The van der Waals surface area contributed by atoms with E-state index in [-0.39, 0.29) is 1.43 Å². The number of fused-ring (bicyclic) bond motifs is 4. The van der Waals surface area contributed by atoms with Gasteiger partial charge in [0.25, 0.3) is 0 Å². The molecule has 1 fully saturated rings. The van der Waals surface area contributed by atoms with Gasteiger partial charge in [0, 0.05) is 85.0 Å². The summed E-state index contributed by atoms with van der Waals surface area (Å²) in [7, 11) is 5.99. The Labute approximate surface area is 388 Å². The van der Waals surface area contributed by atoms with Crippen LogP contribution in [0.15, 0.2) is 141 Å². The molecule has 9 nitrogen and oxygen atoms in total. The first-order valence-electron chi connectivity index (χ1n) is 23.0. The Morgan fingerprint density at radius 2 is 1.34 bits per heavy atom. The summed E-state index contributed by atoms with van der Waals surface area (Å²) in [5.74, 6) is 0.793. The van der Waals surface area contributed by atoms with Gasteiger partial charge in [-0.1, -0.05) is 80.6 Å². The molecule has 0 unspecified atom stereocenters. The van der Waals surface area contributed by atoms with E-state index in [2.05, 4.69) is 134 Å². The van der Waals surface area contributed by atoms with Crippen molar-refractivity contribution in [2.24, 2.45) is 5.92 Å². The van der Waals surface area contributed by atoms with Crippen molar-refractivity contribution in [3.8, 4) is 0 Å². The second kappa shape index (κ2) is 23.7. The molecule has 3 aliphatic rings. The molecule has 0 spiro atoms. The summed E-state index contributed by atoms with van der Waals surface area (Å²) in [5, 5.41) is 8.36. The molecule has 65 heavy (non-hydrogen) atoms. The number of pyridine rings is 2. The van der Waals surface area contributed by atoms with E-state index in [1.165, 1.54) is 59.3 Å². The van der Waals surface area contributed by atoms with Crippen LogP contribution in [0.2, 0.25) is 0 Å². The SMILES string of the molecule is C=CC1CCN(C)CC1.CC.CC=C/C(=C\NC)c1ccc2c(n1)CC=C2c1ccc2ncncc2c1.CC=C/C(=C\NC)c1ccc2c(n1)CCC=C2c1ccc2ncnc(C)c2c1.[HH]. The van der Waals surface area contributed by atoms with E-state index in [9.17, 15) is 0 Å². The van der Waals surface area contributed by atoms with Crippen LogP contribution < -0.4 is 10.6 Å². The lowest BCUT2D eigenvalue weighted by Gasteiger charge is -2.26. The fraction of sp³-hybridized carbons (Fsp3) is 0.286. The van der Waals surface area contributed by atoms with Gasteiger partial charge in [-0.2, -0.15) is 0 Å². The van der Waals surface area contributed by atoms with Crippen molar-refractivity contribution < 1.29 is 1.43 Å². The molecule has 6 aromatic rings. The van der Waals surface area contributed by atoms with Crippen molar-refractivity contribution in [1.82, 2.24) is 45.4 Å². The first-order chi connectivity index (χ1) is 31.8. The smallest absolute Gasteiger partial charge is 0.116 e. The molecule has 9 heteroatoms. The Balaban J connectivity index is 0.000000200. The van der Waals surface area contributed by atoms with E-state index in [0.29, 0.717) is 0 Å². The number of allylic oxidation sites excluding steroid dienone is 9. The Morgan fingerprint density at radius 1 is 0.738 bits per heavy atom. The second-order valence-electron chi connectivity index (χ2n) is 16.0. The molecule has 0 bridgehead atoms. The quantitative estimate of drug-likeness (QED) is 0.109. The van der Waals surface area contributed by atoms with Crippen LogP contribution in [0.5, 0.6) is 0 Å². The van der Waals surface area contributed by atoms with Crippen molar-refractivity contribution in [2.75, 3.05) is 34.2 Å². The first kappa shape index (κ1) is 47.6. The van der Waals surface area contributed by atoms with E-state index in [1.807, 2.05) is 85.5 Å². The second-order valence-corrected chi connectivity index (χ2v) is 16.0. The van der Waals surface area contributed by atoms with Crippen LogP contribution in [0, 0.1) is 12.8 Å². The number of hydrogen-bond donors (Lipinski definition) is 2. The summed E-state index contributed by atoms with van der Waals surface area (Å²) in [6.07, 6.45) is 29.3. The topological polar surface area (TPSA) is 105 Å². The van der Waals surface area contributed by atoms with Crippen LogP contribution in [0.4, 0.5) is 0 Å². The van der Waals surface area contributed by atoms with Gasteiger partial charge in [0.15, 0.2) is 0 Å². The Hall–Kier alpha value is -6.84. The summed E-state index contributed by atoms with van der Waals surface area (Å²) in [4.78, 5) is 29.4. The highest BCUT2D eigenvalue weighted by atomic mass is 15.1. The van der Waals surface area contributed by atoms with Gasteiger partial charge in [0.05, 0.1) is 28.1 Å². The molecule has 0 amide bonds. The molecule has 9 rings (SSSR count). The van der Waals surface area contributed by atoms with Crippen LogP contribution in [0.1, 0.15) is 99.1 Å². The van der Waals surface area contributed by atoms with Gasteiger partial charge in [-0.15, -0.1) is 6.58 Å². The summed E-state index contributed by atoms with van der Waals surface area (Å²) in [6.45, 7) is 16.3. The van der Waals surface area contributed by atoms with Crippen LogP contribution in [-0.4, -0.2) is 69.0 Å². The lowest BCUT2D eigenvalue weighted by atomic mass is 9.88.